The molecule has 0 radical (unpaired) electrons. The van der Waals surface area contributed by atoms with Crippen LogP contribution >= 0.6 is 0 Å². The van der Waals surface area contributed by atoms with Crippen LogP contribution in [0.2, 0.25) is 0 Å². The third-order valence-electron chi connectivity index (χ3n) is 3.76. The highest BCUT2D eigenvalue weighted by Gasteiger charge is 2.33. The number of rotatable bonds is 1. The van der Waals surface area contributed by atoms with E-state index >= 15 is 0 Å². The predicted octanol–water partition coefficient (Wildman–Crippen LogP) is 2.85. The number of carbonyl (C=O) groups is 1. The lowest BCUT2D eigenvalue weighted by atomic mass is 9.76. The van der Waals surface area contributed by atoms with E-state index < -0.39 is 6.10 Å². The molecule has 1 N–H and O–H groups in total. The van der Waals surface area contributed by atoms with Gasteiger partial charge in [0.25, 0.3) is 0 Å². The van der Waals surface area contributed by atoms with Gasteiger partial charge in [-0.15, -0.1) is 0 Å². The topological polar surface area (TPSA) is 37.3 Å². The molecule has 0 saturated carbocycles. The molecule has 0 aromatic heterocycles. The first-order valence-electron chi connectivity index (χ1n) is 6.28. The molecule has 2 nitrogen and oxygen atoms in total. The summed E-state index contributed by atoms with van der Waals surface area (Å²) in [6.07, 6.45) is -0.0270. The number of ketones is 1. The van der Waals surface area contributed by atoms with E-state index in [1.807, 2.05) is 19.9 Å². The summed E-state index contributed by atoms with van der Waals surface area (Å²) >= 11 is 0. The Balaban J connectivity index is 2.65. The summed E-state index contributed by atoms with van der Waals surface area (Å²) in [5.74, 6) is 0.340. The Morgan fingerprint density at radius 1 is 1.35 bits per heavy atom. The number of Topliss-reactive ketones (excluding diaryl/α,β-unsaturated/α-hetero) is 1. The quantitative estimate of drug-likeness (QED) is 0.808. The zero-order valence-corrected chi connectivity index (χ0v) is 10.9. The molecule has 1 aromatic rings. The fourth-order valence-electron chi connectivity index (χ4n) is 2.72. The van der Waals surface area contributed by atoms with E-state index in [4.69, 9.17) is 0 Å². The van der Waals surface area contributed by atoms with Crippen molar-refractivity contribution in [2.24, 2.45) is 5.92 Å². The third-order valence-corrected chi connectivity index (χ3v) is 3.76. The molecule has 1 aliphatic carbocycles. The van der Waals surface area contributed by atoms with Crippen LogP contribution in [0.15, 0.2) is 12.1 Å². The first-order chi connectivity index (χ1) is 7.93. The zero-order chi connectivity index (χ0) is 12.7. The van der Waals surface area contributed by atoms with Gasteiger partial charge in [0, 0.05) is 5.56 Å². The number of carbonyl (C=O) groups excluding carboxylic acids is 1. The first-order valence-corrected chi connectivity index (χ1v) is 6.28. The Labute approximate surface area is 103 Å². The molecular formula is C15H20O2. The van der Waals surface area contributed by atoms with Crippen molar-refractivity contribution >= 4 is 5.78 Å². The van der Waals surface area contributed by atoms with Crippen LogP contribution in [0.5, 0.6) is 0 Å². The van der Waals surface area contributed by atoms with E-state index in [0.29, 0.717) is 5.92 Å². The lowest BCUT2D eigenvalue weighted by Gasteiger charge is -2.29. The number of benzene rings is 1. The summed E-state index contributed by atoms with van der Waals surface area (Å²) in [6, 6.07) is 4.12. The highest BCUT2D eigenvalue weighted by molar-refractivity contribution is 6.03. The second-order valence-electron chi connectivity index (χ2n) is 5.47. The van der Waals surface area contributed by atoms with Crippen molar-refractivity contribution in [1.82, 2.24) is 0 Å². The average molecular weight is 232 g/mol. The van der Waals surface area contributed by atoms with Crippen LogP contribution in [0.1, 0.15) is 53.7 Å². The normalized spacial score (nSPS) is 24.0. The van der Waals surface area contributed by atoms with Crippen molar-refractivity contribution in [3.63, 3.8) is 0 Å². The van der Waals surface area contributed by atoms with Crippen LogP contribution in [0.4, 0.5) is 0 Å². The van der Waals surface area contributed by atoms with Crippen molar-refractivity contribution in [2.45, 2.75) is 46.1 Å². The molecule has 2 rings (SSSR count). The zero-order valence-electron chi connectivity index (χ0n) is 10.9. The van der Waals surface area contributed by atoms with E-state index in [0.717, 1.165) is 23.1 Å². The largest absolute Gasteiger partial charge is 0.385 e. The maximum atomic E-state index is 12.2. The molecule has 0 aliphatic heterocycles. The fourth-order valence-corrected chi connectivity index (χ4v) is 2.72. The first kappa shape index (κ1) is 12.3. The number of hydrogen-bond acceptors (Lipinski definition) is 2. The average Bonchev–Trinajstić information content (AvgIpc) is 2.25. The van der Waals surface area contributed by atoms with Gasteiger partial charge in [-0.05, 0) is 41.9 Å². The van der Waals surface area contributed by atoms with E-state index in [9.17, 15) is 9.90 Å². The minimum Gasteiger partial charge on any atom is -0.385 e. The van der Waals surface area contributed by atoms with Crippen molar-refractivity contribution < 1.29 is 9.90 Å². The lowest BCUT2D eigenvalue weighted by Crippen LogP contribution is -2.36. The number of aliphatic hydroxyl groups excluding tert-OH is 1. The molecule has 1 aliphatic rings. The van der Waals surface area contributed by atoms with Gasteiger partial charge in [0.15, 0.2) is 5.78 Å². The highest BCUT2D eigenvalue weighted by atomic mass is 16.3. The molecular weight excluding hydrogens is 212 g/mol. The van der Waals surface area contributed by atoms with Gasteiger partial charge in [0.2, 0.25) is 0 Å². The highest BCUT2D eigenvalue weighted by Crippen LogP contribution is 2.33. The molecule has 0 unspecified atom stereocenters. The molecule has 2 heteroatoms. The molecule has 0 amide bonds. The maximum absolute atomic E-state index is 12.2. The molecule has 0 saturated heterocycles. The van der Waals surface area contributed by atoms with Crippen LogP contribution in [0.3, 0.4) is 0 Å². The second kappa shape index (κ2) is 4.26. The number of fused-ring (bicyclic) bond motifs is 1. The van der Waals surface area contributed by atoms with E-state index in [2.05, 4.69) is 19.9 Å². The Bertz CT molecular complexity index is 460. The van der Waals surface area contributed by atoms with Gasteiger partial charge in [-0.3, -0.25) is 4.79 Å². The van der Waals surface area contributed by atoms with Gasteiger partial charge in [0.1, 0.15) is 6.10 Å². The SMILES string of the molecule is Cc1ccc(C(C)C)c2c1C(=O)[C@@H](O)[C@H](C)C2. The van der Waals surface area contributed by atoms with E-state index in [1.54, 1.807) is 0 Å². The Kier molecular flexibility index (Phi) is 3.09. The van der Waals surface area contributed by atoms with Gasteiger partial charge in [0.05, 0.1) is 0 Å². The summed E-state index contributed by atoms with van der Waals surface area (Å²) in [4.78, 5) is 12.2. The predicted molar refractivity (Wildman–Crippen MR) is 68.5 cm³/mol. The van der Waals surface area contributed by atoms with Gasteiger partial charge >= 0.3 is 0 Å². The molecule has 0 bridgehead atoms. The van der Waals surface area contributed by atoms with E-state index in [-0.39, 0.29) is 11.7 Å². The molecule has 0 fully saturated rings. The molecule has 2 atom stereocenters. The minimum atomic E-state index is -0.830. The molecule has 92 valence electrons. The van der Waals surface area contributed by atoms with Gasteiger partial charge in [-0.25, -0.2) is 0 Å². The summed E-state index contributed by atoms with van der Waals surface area (Å²) in [7, 11) is 0. The third kappa shape index (κ3) is 1.91. The van der Waals surface area contributed by atoms with Gasteiger partial charge in [-0.2, -0.15) is 0 Å². The molecule has 0 heterocycles. The second-order valence-corrected chi connectivity index (χ2v) is 5.47. The smallest absolute Gasteiger partial charge is 0.192 e. The van der Waals surface area contributed by atoms with Gasteiger partial charge < -0.3 is 5.11 Å². The van der Waals surface area contributed by atoms with Crippen LogP contribution in [0.25, 0.3) is 0 Å². The summed E-state index contributed by atoms with van der Waals surface area (Å²) in [6.45, 7) is 8.18. The number of aliphatic hydroxyl groups is 1. The number of aryl methyl sites for hydroxylation is 1. The Morgan fingerprint density at radius 3 is 2.59 bits per heavy atom. The monoisotopic (exact) mass is 232 g/mol. The van der Waals surface area contributed by atoms with Crippen molar-refractivity contribution in [2.75, 3.05) is 0 Å². The van der Waals surface area contributed by atoms with Crippen LogP contribution < -0.4 is 0 Å². The van der Waals surface area contributed by atoms with Crippen molar-refractivity contribution in [1.29, 1.82) is 0 Å². The van der Waals surface area contributed by atoms with Crippen molar-refractivity contribution in [3.05, 3.63) is 34.4 Å². The molecule has 17 heavy (non-hydrogen) atoms. The summed E-state index contributed by atoms with van der Waals surface area (Å²) < 4.78 is 0. The Morgan fingerprint density at radius 2 is 2.00 bits per heavy atom. The molecule has 1 aromatic carbocycles. The van der Waals surface area contributed by atoms with Crippen molar-refractivity contribution in [3.8, 4) is 0 Å². The number of hydrogen-bond donors (Lipinski definition) is 1. The van der Waals surface area contributed by atoms with Crippen LogP contribution in [0, 0.1) is 12.8 Å². The van der Waals surface area contributed by atoms with Crippen LogP contribution in [-0.2, 0) is 6.42 Å². The maximum Gasteiger partial charge on any atom is 0.192 e. The van der Waals surface area contributed by atoms with E-state index in [1.165, 1.54) is 5.56 Å². The summed E-state index contributed by atoms with van der Waals surface area (Å²) in [5, 5.41) is 9.90. The molecule has 0 spiro atoms. The Hall–Kier alpha value is -1.15. The van der Waals surface area contributed by atoms with Crippen LogP contribution in [-0.4, -0.2) is 17.0 Å². The summed E-state index contributed by atoms with van der Waals surface area (Å²) in [5.41, 5.74) is 4.16. The standard InChI is InChI=1S/C15H20O2/c1-8(2)11-6-5-9(3)13-12(11)7-10(4)14(16)15(13)17/h5-6,8,10,14,16H,7H2,1-4H3/t10-,14+/m1/s1. The minimum absolute atomic E-state index is 0.0225. The lowest BCUT2D eigenvalue weighted by molar-refractivity contribution is 0.0595. The fraction of sp³-hybridized carbons (Fsp3) is 0.533. The van der Waals surface area contributed by atoms with Gasteiger partial charge in [-0.1, -0.05) is 32.9 Å².